The summed E-state index contributed by atoms with van der Waals surface area (Å²) in [5.41, 5.74) is 5.17. The molecule has 1 aliphatic heterocycles. The molecule has 5 amide bonds. The number of rotatable bonds is 11. The van der Waals surface area contributed by atoms with Crippen molar-refractivity contribution in [1.29, 1.82) is 0 Å². The molecule has 2 aromatic rings. The van der Waals surface area contributed by atoms with Gasteiger partial charge in [0.2, 0.25) is 11.8 Å². The highest BCUT2D eigenvalue weighted by atomic mass is 16.5. The van der Waals surface area contributed by atoms with E-state index >= 15 is 0 Å². The summed E-state index contributed by atoms with van der Waals surface area (Å²) in [4.78, 5) is 66.4. The number of benzene rings is 2. The third kappa shape index (κ3) is 8.71. The monoisotopic (exact) mass is 615 g/mol. The van der Waals surface area contributed by atoms with Crippen molar-refractivity contribution < 1.29 is 49.6 Å². The maximum Gasteiger partial charge on any atom is 0.268 e. The fraction of sp³-hybridized carbons (Fsp3) is 0.333. The molecule has 1 aliphatic rings. The fourth-order valence-corrected chi connectivity index (χ4v) is 4.18. The van der Waals surface area contributed by atoms with Gasteiger partial charge in [-0.05, 0) is 49.9 Å². The van der Waals surface area contributed by atoms with E-state index in [0.29, 0.717) is 17.9 Å². The van der Waals surface area contributed by atoms with E-state index in [1.165, 1.54) is 30.3 Å². The molecule has 0 aromatic heterocycles. The van der Waals surface area contributed by atoms with Crippen LogP contribution in [0.1, 0.15) is 46.4 Å². The highest BCUT2D eigenvalue weighted by Gasteiger charge is 2.30. The lowest BCUT2D eigenvalue weighted by atomic mass is 10.1. The van der Waals surface area contributed by atoms with E-state index in [1.807, 2.05) is 0 Å². The summed E-state index contributed by atoms with van der Waals surface area (Å²) in [5.74, 6) is -6.67. The van der Waals surface area contributed by atoms with Crippen molar-refractivity contribution in [3.05, 3.63) is 47.5 Å². The zero-order chi connectivity index (χ0) is 32.4. The van der Waals surface area contributed by atoms with Crippen LogP contribution in [0.3, 0.4) is 0 Å². The number of piperidine rings is 1. The highest BCUT2D eigenvalue weighted by molar-refractivity contribution is 6.07. The summed E-state index contributed by atoms with van der Waals surface area (Å²) in [7, 11) is 0. The Morgan fingerprint density at radius 1 is 0.977 bits per heavy atom. The Labute approximate surface area is 250 Å². The molecule has 0 radical (unpaired) electrons. The van der Waals surface area contributed by atoms with Crippen molar-refractivity contribution in [2.45, 2.75) is 37.8 Å². The first-order valence-electron chi connectivity index (χ1n) is 13.4. The molecule has 1 saturated heterocycles. The largest absolute Gasteiger partial charge is 0.504 e. The first-order valence-corrected chi connectivity index (χ1v) is 13.4. The molecule has 17 nitrogen and oxygen atoms in total. The standard InChI is InChI=1S/C27H33N7O10/c28-27(33-24(41)15-6-2-10-19(36)22(15)39)29-11-3-7-16(32-23(40)14-5-1-9-18(35)21(14)38)25(42)30-13-20(37)31-17-8-4-12-34(44)26(17)43/h1-2,5-6,9-10,16-17,35-36,38-39,44H,3-4,7-8,11-13H2,(H,30,42)(H,31,37)(H,32,40)(H3,28,29,33,41)/t16-,17+/m1/s1. The van der Waals surface area contributed by atoms with E-state index in [2.05, 4.69) is 26.3 Å². The number of carbonyl (C=O) groups is 5. The normalized spacial score (nSPS) is 15.7. The molecule has 0 saturated carbocycles. The van der Waals surface area contributed by atoms with Crippen LogP contribution < -0.4 is 27.0 Å². The lowest BCUT2D eigenvalue weighted by Crippen LogP contribution is -2.54. The van der Waals surface area contributed by atoms with E-state index in [1.54, 1.807) is 0 Å². The van der Waals surface area contributed by atoms with Crippen molar-refractivity contribution >= 4 is 35.5 Å². The number of amides is 5. The summed E-state index contributed by atoms with van der Waals surface area (Å²) in [5, 5.41) is 58.7. The zero-order valence-electron chi connectivity index (χ0n) is 23.3. The molecule has 0 spiro atoms. The third-order valence-corrected chi connectivity index (χ3v) is 6.49. The minimum Gasteiger partial charge on any atom is -0.504 e. The Balaban J connectivity index is 1.61. The number of carbonyl (C=O) groups excluding carboxylic acids is 5. The summed E-state index contributed by atoms with van der Waals surface area (Å²) in [6.45, 7) is -0.463. The number of guanidine groups is 1. The lowest BCUT2D eigenvalue weighted by molar-refractivity contribution is -0.173. The molecular formula is C27H33N7O10. The van der Waals surface area contributed by atoms with E-state index in [-0.39, 0.29) is 43.0 Å². The van der Waals surface area contributed by atoms with Gasteiger partial charge < -0.3 is 42.1 Å². The van der Waals surface area contributed by atoms with E-state index in [0.717, 1.165) is 6.07 Å². The molecule has 17 heteroatoms. The van der Waals surface area contributed by atoms with Crippen LogP contribution in [0.5, 0.6) is 23.0 Å². The Kier molecular flexibility index (Phi) is 11.3. The van der Waals surface area contributed by atoms with E-state index in [9.17, 15) is 49.6 Å². The highest BCUT2D eigenvalue weighted by Crippen LogP contribution is 2.29. The summed E-state index contributed by atoms with van der Waals surface area (Å²) in [6.07, 6.45) is 0.830. The molecule has 11 N–H and O–H groups in total. The number of nitrogens with one attached hydrogen (secondary N) is 4. The molecule has 0 bridgehead atoms. The number of para-hydroxylation sites is 2. The molecule has 0 unspecified atom stereocenters. The first kappa shape index (κ1) is 32.9. The zero-order valence-corrected chi connectivity index (χ0v) is 23.3. The van der Waals surface area contributed by atoms with Crippen LogP contribution in [0.2, 0.25) is 0 Å². The van der Waals surface area contributed by atoms with Gasteiger partial charge in [-0.25, -0.2) is 5.06 Å². The maximum atomic E-state index is 13.0. The lowest BCUT2D eigenvalue weighted by Gasteiger charge is -2.27. The van der Waals surface area contributed by atoms with Gasteiger partial charge in [0.1, 0.15) is 12.1 Å². The van der Waals surface area contributed by atoms with Gasteiger partial charge in [0, 0.05) is 13.1 Å². The summed E-state index contributed by atoms with van der Waals surface area (Å²) < 4.78 is 0. The van der Waals surface area contributed by atoms with Crippen LogP contribution in [-0.4, -0.2) is 97.9 Å². The molecule has 1 fully saturated rings. The van der Waals surface area contributed by atoms with Gasteiger partial charge in [0.05, 0.1) is 17.7 Å². The van der Waals surface area contributed by atoms with E-state index < -0.39 is 71.2 Å². The second kappa shape index (κ2) is 15.1. The second-order valence-electron chi connectivity index (χ2n) is 9.68. The van der Waals surface area contributed by atoms with Crippen molar-refractivity contribution in [1.82, 2.24) is 26.3 Å². The maximum absolute atomic E-state index is 13.0. The minimum atomic E-state index is -1.27. The van der Waals surface area contributed by atoms with Crippen molar-refractivity contribution in [2.75, 3.05) is 19.6 Å². The van der Waals surface area contributed by atoms with Gasteiger partial charge in [-0.1, -0.05) is 12.1 Å². The Hall–Kier alpha value is -5.58. The third-order valence-electron chi connectivity index (χ3n) is 6.49. The smallest absolute Gasteiger partial charge is 0.268 e. The van der Waals surface area contributed by atoms with E-state index in [4.69, 9.17) is 5.73 Å². The average molecular weight is 616 g/mol. The van der Waals surface area contributed by atoms with Crippen LogP contribution in [0, 0.1) is 0 Å². The molecule has 44 heavy (non-hydrogen) atoms. The second-order valence-corrected chi connectivity index (χ2v) is 9.68. The summed E-state index contributed by atoms with van der Waals surface area (Å²) >= 11 is 0. The topological polar surface area (TPSA) is 276 Å². The van der Waals surface area contributed by atoms with Crippen molar-refractivity contribution in [2.24, 2.45) is 10.7 Å². The molecular weight excluding hydrogens is 582 g/mol. The average Bonchev–Trinajstić information content (AvgIpc) is 2.98. The Morgan fingerprint density at radius 3 is 2.23 bits per heavy atom. The number of hydroxylamine groups is 2. The minimum absolute atomic E-state index is 0.0445. The van der Waals surface area contributed by atoms with Crippen LogP contribution in [0.15, 0.2) is 41.4 Å². The molecule has 0 aliphatic carbocycles. The Morgan fingerprint density at radius 2 is 1.59 bits per heavy atom. The van der Waals surface area contributed by atoms with Gasteiger partial charge >= 0.3 is 0 Å². The van der Waals surface area contributed by atoms with Gasteiger partial charge in [0.25, 0.3) is 17.7 Å². The number of phenolic OH excluding ortho intramolecular Hbond substituents is 4. The number of aliphatic imine (C=N–C) groups is 1. The van der Waals surface area contributed by atoms with Gasteiger partial charge in [-0.15, -0.1) is 0 Å². The van der Waals surface area contributed by atoms with Crippen LogP contribution in [-0.2, 0) is 14.4 Å². The molecule has 3 rings (SSSR count). The Bertz CT molecular complexity index is 1450. The van der Waals surface area contributed by atoms with Crippen LogP contribution in [0.4, 0.5) is 0 Å². The number of aromatic hydroxyl groups is 4. The number of nitrogens with zero attached hydrogens (tertiary/aromatic N) is 2. The predicted molar refractivity (Wildman–Crippen MR) is 152 cm³/mol. The number of hydrogen-bond donors (Lipinski definition) is 10. The summed E-state index contributed by atoms with van der Waals surface area (Å²) in [6, 6.07) is 5.24. The first-order chi connectivity index (χ1) is 20.9. The van der Waals surface area contributed by atoms with Gasteiger partial charge in [-0.2, -0.15) is 0 Å². The van der Waals surface area contributed by atoms with Crippen LogP contribution in [0.25, 0.3) is 0 Å². The quantitative estimate of drug-likeness (QED) is 0.0468. The number of phenols is 4. The number of nitrogens with two attached hydrogens (primary N) is 1. The van der Waals surface area contributed by atoms with Gasteiger partial charge in [-0.3, -0.25) is 39.5 Å². The predicted octanol–water partition coefficient (Wildman–Crippen LogP) is -1.26. The number of hydrogen-bond acceptors (Lipinski definition) is 11. The van der Waals surface area contributed by atoms with Crippen LogP contribution >= 0.6 is 0 Å². The molecule has 1 heterocycles. The molecule has 2 aromatic carbocycles. The van der Waals surface area contributed by atoms with Crippen molar-refractivity contribution in [3.63, 3.8) is 0 Å². The van der Waals surface area contributed by atoms with Crippen molar-refractivity contribution in [3.8, 4) is 23.0 Å². The molecule has 2 atom stereocenters. The fourth-order valence-electron chi connectivity index (χ4n) is 4.18. The SMILES string of the molecule is NC(=NCCC[C@@H](NC(=O)c1cccc(O)c1O)C(=O)NCC(=O)N[C@H]1CCCN(O)C1=O)NC(=O)c1cccc(O)c1O. The van der Waals surface area contributed by atoms with Gasteiger partial charge in [0.15, 0.2) is 29.0 Å². The molecule has 236 valence electrons.